The molecule has 0 rings (SSSR count). The number of methoxy groups -OCH3 is 2. The molecule has 0 unspecified atom stereocenters. The highest BCUT2D eigenvalue weighted by Gasteiger charge is 2.11. The van der Waals surface area contributed by atoms with Crippen LogP contribution in [-0.4, -0.2) is 75.5 Å². The van der Waals surface area contributed by atoms with Crippen LogP contribution in [0.5, 0.6) is 0 Å². The Morgan fingerprint density at radius 3 is 1.35 bits per heavy atom. The van der Waals surface area contributed by atoms with Gasteiger partial charge in [0.05, 0.1) is 39.6 Å². The molecule has 8 nitrogen and oxygen atoms in total. The Labute approximate surface area is 139 Å². The first-order valence-corrected chi connectivity index (χ1v) is 9.13. The van der Waals surface area contributed by atoms with Crippen LogP contribution in [-0.2, 0) is 37.7 Å². The highest BCUT2D eigenvalue weighted by molar-refractivity contribution is 7.81. The molecule has 9 heteroatoms. The molecule has 0 atom stereocenters. The van der Waals surface area contributed by atoms with E-state index < -0.39 is 10.4 Å². The van der Waals surface area contributed by atoms with Crippen LogP contribution in [0.1, 0.15) is 25.7 Å². The molecule has 140 valence electrons. The maximum absolute atomic E-state index is 11.4. The Bertz CT molecular complexity index is 308. The highest BCUT2D eigenvalue weighted by atomic mass is 32.3. The van der Waals surface area contributed by atoms with Crippen molar-refractivity contribution in [2.75, 3.05) is 67.1 Å². The van der Waals surface area contributed by atoms with Crippen LogP contribution in [0.25, 0.3) is 0 Å². The van der Waals surface area contributed by atoms with E-state index >= 15 is 0 Å². The van der Waals surface area contributed by atoms with E-state index in [1.165, 1.54) is 0 Å². The Kier molecular flexibility index (Phi) is 16.4. The van der Waals surface area contributed by atoms with E-state index in [4.69, 9.17) is 27.3 Å². The monoisotopic (exact) mass is 358 g/mol. The molecule has 0 aliphatic carbocycles. The summed E-state index contributed by atoms with van der Waals surface area (Å²) < 4.78 is 52.5. The summed E-state index contributed by atoms with van der Waals surface area (Å²) in [5, 5.41) is 0. The molecule has 0 aliphatic rings. The first-order valence-electron chi connectivity index (χ1n) is 7.79. The van der Waals surface area contributed by atoms with Crippen LogP contribution in [0.3, 0.4) is 0 Å². The highest BCUT2D eigenvalue weighted by Crippen LogP contribution is 2.02. The summed E-state index contributed by atoms with van der Waals surface area (Å²) >= 11 is 0. The standard InChI is InChI=1S/C14H30O8S/c1-17-11-13-19-7-3-5-9-21-23(15,16)22-10-6-4-8-20-14-12-18-2/h3-14H2,1-2H3. The van der Waals surface area contributed by atoms with Gasteiger partial charge in [0.15, 0.2) is 0 Å². The van der Waals surface area contributed by atoms with Gasteiger partial charge < -0.3 is 18.9 Å². The molecule has 0 aliphatic heterocycles. The van der Waals surface area contributed by atoms with Gasteiger partial charge in [-0.1, -0.05) is 0 Å². The van der Waals surface area contributed by atoms with Gasteiger partial charge in [-0.2, -0.15) is 8.42 Å². The van der Waals surface area contributed by atoms with E-state index in [9.17, 15) is 8.42 Å². The fourth-order valence-electron chi connectivity index (χ4n) is 1.46. The average Bonchev–Trinajstić information content (AvgIpc) is 2.52. The van der Waals surface area contributed by atoms with E-state index in [2.05, 4.69) is 0 Å². The largest absolute Gasteiger partial charge is 0.399 e. The third kappa shape index (κ3) is 17.9. The Morgan fingerprint density at radius 2 is 0.957 bits per heavy atom. The number of hydrogen-bond acceptors (Lipinski definition) is 8. The predicted molar refractivity (Wildman–Crippen MR) is 84.7 cm³/mol. The first kappa shape index (κ1) is 22.7. The summed E-state index contributed by atoms with van der Waals surface area (Å²) in [6.45, 7) is 3.47. The molecule has 0 bridgehead atoms. The summed E-state index contributed by atoms with van der Waals surface area (Å²) in [5.41, 5.74) is 0. The SMILES string of the molecule is COCCOCCCCOS(=O)(=O)OCCCCOCCOC. The van der Waals surface area contributed by atoms with Crippen molar-refractivity contribution in [1.82, 2.24) is 0 Å². The van der Waals surface area contributed by atoms with Crippen LogP contribution in [0.4, 0.5) is 0 Å². The van der Waals surface area contributed by atoms with Crippen LogP contribution in [0, 0.1) is 0 Å². The average molecular weight is 358 g/mol. The normalized spacial score (nSPS) is 11.9. The molecular weight excluding hydrogens is 328 g/mol. The fraction of sp³-hybridized carbons (Fsp3) is 1.00. The molecule has 23 heavy (non-hydrogen) atoms. The van der Waals surface area contributed by atoms with Gasteiger partial charge in [0.25, 0.3) is 0 Å². The van der Waals surface area contributed by atoms with E-state index in [1.807, 2.05) is 0 Å². The molecule has 0 fully saturated rings. The summed E-state index contributed by atoms with van der Waals surface area (Å²) in [7, 11) is -0.691. The minimum atomic E-state index is -3.91. The minimum Gasteiger partial charge on any atom is -0.382 e. The Balaban J connectivity index is 3.37. The molecule has 0 saturated carbocycles. The zero-order valence-corrected chi connectivity index (χ0v) is 15.0. The lowest BCUT2D eigenvalue weighted by molar-refractivity contribution is 0.0661. The summed E-state index contributed by atoms with van der Waals surface area (Å²) in [4.78, 5) is 0. The third-order valence-electron chi connectivity index (χ3n) is 2.68. The molecule has 0 heterocycles. The van der Waals surface area contributed by atoms with Crippen LogP contribution >= 0.6 is 0 Å². The number of ether oxygens (including phenoxy) is 4. The van der Waals surface area contributed by atoms with Crippen LogP contribution in [0.2, 0.25) is 0 Å². The number of unbranched alkanes of at least 4 members (excludes halogenated alkanes) is 2. The van der Waals surface area contributed by atoms with E-state index in [0.29, 0.717) is 52.5 Å². The molecule has 0 spiro atoms. The molecule has 0 aromatic heterocycles. The molecule has 0 aromatic carbocycles. The van der Waals surface area contributed by atoms with Gasteiger partial charge in [0.2, 0.25) is 0 Å². The van der Waals surface area contributed by atoms with Gasteiger partial charge >= 0.3 is 10.4 Å². The topological polar surface area (TPSA) is 89.5 Å². The van der Waals surface area contributed by atoms with E-state index in [1.54, 1.807) is 14.2 Å². The van der Waals surface area contributed by atoms with Gasteiger partial charge in [-0.05, 0) is 25.7 Å². The van der Waals surface area contributed by atoms with Gasteiger partial charge in [-0.25, -0.2) is 8.37 Å². The quantitative estimate of drug-likeness (QED) is 0.337. The lowest BCUT2D eigenvalue weighted by atomic mass is 10.3. The number of rotatable bonds is 18. The van der Waals surface area contributed by atoms with Crippen molar-refractivity contribution in [2.45, 2.75) is 25.7 Å². The predicted octanol–water partition coefficient (Wildman–Crippen LogP) is 1.15. The lowest BCUT2D eigenvalue weighted by Crippen LogP contribution is -2.13. The van der Waals surface area contributed by atoms with Gasteiger partial charge in [0, 0.05) is 27.4 Å². The fourth-order valence-corrected chi connectivity index (χ4v) is 2.17. The molecule has 0 N–H and O–H groups in total. The lowest BCUT2D eigenvalue weighted by Gasteiger charge is -2.07. The van der Waals surface area contributed by atoms with Crippen LogP contribution in [0.15, 0.2) is 0 Å². The molecule has 0 saturated heterocycles. The summed E-state index contributed by atoms with van der Waals surface area (Å²) in [6, 6.07) is 0. The van der Waals surface area contributed by atoms with Gasteiger partial charge in [0.1, 0.15) is 0 Å². The summed E-state index contributed by atoms with van der Waals surface area (Å²) in [5.74, 6) is 0. The molecule has 0 aromatic rings. The number of hydrogen-bond donors (Lipinski definition) is 0. The van der Waals surface area contributed by atoms with Crippen LogP contribution < -0.4 is 0 Å². The maximum atomic E-state index is 11.4. The van der Waals surface area contributed by atoms with E-state index in [-0.39, 0.29) is 13.2 Å². The van der Waals surface area contributed by atoms with Crippen molar-refractivity contribution >= 4 is 10.4 Å². The second kappa shape index (κ2) is 16.6. The van der Waals surface area contributed by atoms with Crippen molar-refractivity contribution in [3.8, 4) is 0 Å². The molecule has 0 amide bonds. The third-order valence-corrected chi connectivity index (χ3v) is 3.60. The van der Waals surface area contributed by atoms with Gasteiger partial charge in [-0.15, -0.1) is 0 Å². The Morgan fingerprint density at radius 1 is 0.565 bits per heavy atom. The smallest absolute Gasteiger partial charge is 0.382 e. The second-order valence-corrected chi connectivity index (χ2v) is 5.96. The van der Waals surface area contributed by atoms with Crippen molar-refractivity contribution in [1.29, 1.82) is 0 Å². The van der Waals surface area contributed by atoms with Crippen molar-refractivity contribution in [2.24, 2.45) is 0 Å². The van der Waals surface area contributed by atoms with Gasteiger partial charge in [-0.3, -0.25) is 0 Å². The van der Waals surface area contributed by atoms with Crippen molar-refractivity contribution < 1.29 is 35.7 Å². The molecular formula is C14H30O8S. The maximum Gasteiger partial charge on any atom is 0.399 e. The van der Waals surface area contributed by atoms with Crippen molar-refractivity contribution in [3.05, 3.63) is 0 Å². The second-order valence-electron chi connectivity index (χ2n) is 4.68. The minimum absolute atomic E-state index is 0.0934. The first-order chi connectivity index (χ1) is 11.1. The van der Waals surface area contributed by atoms with Crippen molar-refractivity contribution in [3.63, 3.8) is 0 Å². The van der Waals surface area contributed by atoms with E-state index in [0.717, 1.165) is 12.8 Å². The Hall–Kier alpha value is -0.290. The zero-order chi connectivity index (χ0) is 17.2. The molecule has 0 radical (unpaired) electrons. The zero-order valence-electron chi connectivity index (χ0n) is 14.2. The summed E-state index contributed by atoms with van der Waals surface area (Å²) in [6.07, 6.45) is 2.61.